The molecule has 1 saturated heterocycles. The van der Waals surface area contributed by atoms with Gasteiger partial charge in [0.1, 0.15) is 6.54 Å². The summed E-state index contributed by atoms with van der Waals surface area (Å²) in [4.78, 5) is 43.4. The largest absolute Gasteiger partial charge is 0.324 e. The second kappa shape index (κ2) is 8.89. The molecule has 3 rings (SSSR count). The molecule has 0 spiro atoms. The fourth-order valence-corrected chi connectivity index (χ4v) is 4.13. The zero-order valence-corrected chi connectivity index (χ0v) is 17.4. The Morgan fingerprint density at radius 2 is 2.14 bits per heavy atom. The third-order valence-corrected chi connectivity index (χ3v) is 5.56. The molecule has 148 valence electrons. The van der Waals surface area contributed by atoms with Crippen LogP contribution < -0.4 is 10.2 Å². The Morgan fingerprint density at radius 1 is 1.36 bits per heavy atom. The maximum Gasteiger partial charge on any atom is 0.324 e. The number of imide groups is 1. The van der Waals surface area contributed by atoms with Gasteiger partial charge in [-0.1, -0.05) is 30.1 Å². The summed E-state index contributed by atoms with van der Waals surface area (Å²) in [6.07, 6.45) is 0.913. The summed E-state index contributed by atoms with van der Waals surface area (Å²) in [5.74, 6) is -0.585. The first-order valence-corrected chi connectivity index (χ1v) is 10.3. The summed E-state index contributed by atoms with van der Waals surface area (Å²) in [6, 6.07) is 4.61. The summed E-state index contributed by atoms with van der Waals surface area (Å²) >= 11 is 13.5. The van der Waals surface area contributed by atoms with Gasteiger partial charge < -0.3 is 4.90 Å². The number of nitrogens with zero attached hydrogens (tertiary/aromatic N) is 3. The van der Waals surface area contributed by atoms with Gasteiger partial charge in [-0.2, -0.15) is 0 Å². The summed E-state index contributed by atoms with van der Waals surface area (Å²) in [6.45, 7) is 2.53. The van der Waals surface area contributed by atoms with Gasteiger partial charge >= 0.3 is 6.03 Å². The molecule has 1 N–H and O–H groups in total. The second-order valence-corrected chi connectivity index (χ2v) is 7.89. The van der Waals surface area contributed by atoms with Crippen LogP contribution in [0.5, 0.6) is 0 Å². The molecule has 2 aromatic rings. The fourth-order valence-electron chi connectivity index (χ4n) is 2.76. The molecule has 0 saturated carbocycles. The zero-order chi connectivity index (χ0) is 20.3. The predicted molar refractivity (Wildman–Crippen MR) is 110 cm³/mol. The van der Waals surface area contributed by atoms with E-state index in [1.165, 1.54) is 16.2 Å². The highest BCUT2D eigenvalue weighted by atomic mass is 35.5. The Bertz CT molecular complexity index is 918. The Balaban J connectivity index is 1.78. The lowest BCUT2D eigenvalue weighted by molar-refractivity contribution is -0.124. The van der Waals surface area contributed by atoms with Gasteiger partial charge in [-0.05, 0) is 24.6 Å². The van der Waals surface area contributed by atoms with Gasteiger partial charge in [0.2, 0.25) is 11.8 Å². The normalized spacial score (nSPS) is 14.2. The maximum absolute atomic E-state index is 12.8. The van der Waals surface area contributed by atoms with Crippen LogP contribution in [-0.2, 0) is 9.59 Å². The van der Waals surface area contributed by atoms with E-state index in [2.05, 4.69) is 10.3 Å². The third-order valence-electron chi connectivity index (χ3n) is 4.15. The van der Waals surface area contributed by atoms with Crippen LogP contribution >= 0.6 is 34.5 Å². The van der Waals surface area contributed by atoms with Crippen LogP contribution in [-0.4, -0.2) is 47.4 Å². The molecule has 1 aliphatic heterocycles. The molecular formula is C18H18Cl2N4O3S. The van der Waals surface area contributed by atoms with Gasteiger partial charge in [-0.25, -0.2) is 9.78 Å². The number of urea groups is 1. The van der Waals surface area contributed by atoms with Crippen LogP contribution in [0, 0.1) is 0 Å². The summed E-state index contributed by atoms with van der Waals surface area (Å²) in [5, 5.41) is 5.59. The van der Waals surface area contributed by atoms with Crippen molar-refractivity contribution < 1.29 is 14.4 Å². The van der Waals surface area contributed by atoms with Gasteiger partial charge in [-0.3, -0.25) is 19.8 Å². The monoisotopic (exact) mass is 440 g/mol. The standard InChI is InChI=1S/C18H18Cl2N4O3S/c1-2-6-24(16(26)9-23-7-5-15(25)22-17(23)27)18-21-14(10-28-18)12-4-3-11(19)8-13(12)20/h3-4,8,10H,2,5-7,9H2,1H3,(H,22,25,27). The molecule has 7 nitrogen and oxygen atoms in total. The molecule has 0 atom stereocenters. The number of amides is 4. The minimum absolute atomic E-state index is 0.115. The molecule has 0 aliphatic carbocycles. The SMILES string of the molecule is CCCN(C(=O)CN1CCC(=O)NC1=O)c1nc(-c2ccc(Cl)cc2Cl)cs1. The van der Waals surface area contributed by atoms with Crippen LogP contribution in [0.15, 0.2) is 23.6 Å². The Labute approximate surface area is 176 Å². The number of halogens is 2. The predicted octanol–water partition coefficient (Wildman–Crippen LogP) is 3.80. The summed E-state index contributed by atoms with van der Waals surface area (Å²) in [5.41, 5.74) is 1.38. The lowest BCUT2D eigenvalue weighted by Gasteiger charge is -2.28. The molecule has 28 heavy (non-hydrogen) atoms. The van der Waals surface area contributed by atoms with E-state index in [4.69, 9.17) is 23.2 Å². The average molecular weight is 441 g/mol. The van der Waals surface area contributed by atoms with Crippen molar-refractivity contribution in [1.82, 2.24) is 15.2 Å². The van der Waals surface area contributed by atoms with Gasteiger partial charge in [0.15, 0.2) is 5.13 Å². The van der Waals surface area contributed by atoms with Crippen LogP contribution in [0.25, 0.3) is 11.3 Å². The van der Waals surface area contributed by atoms with Crippen molar-refractivity contribution in [2.24, 2.45) is 0 Å². The molecule has 0 bridgehead atoms. The average Bonchev–Trinajstić information content (AvgIpc) is 3.11. The first-order chi connectivity index (χ1) is 13.4. The van der Waals surface area contributed by atoms with E-state index in [0.29, 0.717) is 27.4 Å². The number of carbonyl (C=O) groups is 3. The molecule has 10 heteroatoms. The minimum atomic E-state index is -0.547. The minimum Gasteiger partial charge on any atom is -0.315 e. The molecule has 4 amide bonds. The Morgan fingerprint density at radius 3 is 2.82 bits per heavy atom. The molecule has 0 radical (unpaired) electrons. The molecular weight excluding hydrogens is 423 g/mol. The number of aromatic nitrogens is 1. The van der Waals surface area contributed by atoms with Gasteiger partial charge in [0.25, 0.3) is 0 Å². The van der Waals surface area contributed by atoms with Crippen LogP contribution in [0.4, 0.5) is 9.93 Å². The third kappa shape index (κ3) is 4.63. The Hall–Kier alpha value is -2.16. The molecule has 1 fully saturated rings. The topological polar surface area (TPSA) is 82.6 Å². The number of benzene rings is 1. The van der Waals surface area contributed by atoms with Crippen molar-refractivity contribution in [2.75, 3.05) is 24.5 Å². The summed E-state index contributed by atoms with van der Waals surface area (Å²) < 4.78 is 0. The van der Waals surface area contributed by atoms with Crippen molar-refractivity contribution in [2.45, 2.75) is 19.8 Å². The first kappa shape index (κ1) is 20.6. The quantitative estimate of drug-likeness (QED) is 0.739. The Kier molecular flexibility index (Phi) is 6.53. The van der Waals surface area contributed by atoms with Crippen molar-refractivity contribution >= 4 is 57.5 Å². The van der Waals surface area contributed by atoms with E-state index in [1.54, 1.807) is 23.1 Å². The molecule has 1 aromatic carbocycles. The number of hydrogen-bond acceptors (Lipinski definition) is 5. The highest BCUT2D eigenvalue weighted by Crippen LogP contribution is 2.33. The van der Waals surface area contributed by atoms with Crippen LogP contribution in [0.3, 0.4) is 0 Å². The first-order valence-electron chi connectivity index (χ1n) is 8.69. The number of thiazole rings is 1. The van der Waals surface area contributed by atoms with E-state index in [9.17, 15) is 14.4 Å². The van der Waals surface area contributed by atoms with Crippen LogP contribution in [0.1, 0.15) is 19.8 Å². The van der Waals surface area contributed by atoms with E-state index in [1.807, 2.05) is 12.3 Å². The van der Waals surface area contributed by atoms with Crippen molar-refractivity contribution in [3.05, 3.63) is 33.6 Å². The molecule has 1 aromatic heterocycles. The molecule has 1 aliphatic rings. The number of rotatable bonds is 6. The molecule has 2 heterocycles. The van der Waals surface area contributed by atoms with Crippen molar-refractivity contribution in [3.63, 3.8) is 0 Å². The van der Waals surface area contributed by atoms with Gasteiger partial charge in [0, 0.05) is 35.5 Å². The highest BCUT2D eigenvalue weighted by Gasteiger charge is 2.28. The number of anilines is 1. The maximum atomic E-state index is 12.8. The molecule has 0 unspecified atom stereocenters. The van der Waals surface area contributed by atoms with E-state index in [0.717, 1.165) is 12.0 Å². The second-order valence-electron chi connectivity index (χ2n) is 6.21. The number of hydrogen-bond donors (Lipinski definition) is 1. The highest BCUT2D eigenvalue weighted by molar-refractivity contribution is 7.14. The van der Waals surface area contributed by atoms with Crippen molar-refractivity contribution in [3.8, 4) is 11.3 Å². The van der Waals surface area contributed by atoms with Gasteiger partial charge in [0.05, 0.1) is 10.7 Å². The van der Waals surface area contributed by atoms with E-state index in [-0.39, 0.29) is 31.3 Å². The van der Waals surface area contributed by atoms with E-state index < -0.39 is 6.03 Å². The summed E-state index contributed by atoms with van der Waals surface area (Å²) in [7, 11) is 0. The number of carbonyl (C=O) groups excluding carboxylic acids is 3. The van der Waals surface area contributed by atoms with Crippen molar-refractivity contribution in [1.29, 1.82) is 0 Å². The fraction of sp³-hybridized carbons (Fsp3) is 0.333. The van der Waals surface area contributed by atoms with E-state index >= 15 is 0 Å². The zero-order valence-electron chi connectivity index (χ0n) is 15.1. The lowest BCUT2D eigenvalue weighted by atomic mass is 10.2. The van der Waals surface area contributed by atoms with Gasteiger partial charge in [-0.15, -0.1) is 11.3 Å². The van der Waals surface area contributed by atoms with Crippen LogP contribution in [0.2, 0.25) is 10.0 Å². The lowest BCUT2D eigenvalue weighted by Crippen LogP contribution is -2.53. The number of nitrogens with one attached hydrogen (secondary N) is 1. The smallest absolute Gasteiger partial charge is 0.315 e.